The van der Waals surface area contributed by atoms with E-state index in [0.717, 1.165) is 16.5 Å². The highest BCUT2D eigenvalue weighted by molar-refractivity contribution is 9.10. The number of benzene rings is 2. The van der Waals surface area contributed by atoms with Crippen molar-refractivity contribution < 1.29 is 28.5 Å². The van der Waals surface area contributed by atoms with Gasteiger partial charge in [0.2, 0.25) is 0 Å². The van der Waals surface area contributed by atoms with Crippen LogP contribution in [0.2, 0.25) is 0 Å². The van der Waals surface area contributed by atoms with E-state index in [4.69, 9.17) is 23.9 Å². The van der Waals surface area contributed by atoms with Gasteiger partial charge in [0, 0.05) is 23.1 Å². The number of amides is 1. The molecule has 0 radical (unpaired) electrons. The molecule has 5 rings (SSSR count). The number of aromatic nitrogens is 1. The molecule has 3 aromatic rings. The van der Waals surface area contributed by atoms with E-state index in [1.165, 1.54) is 11.3 Å². The van der Waals surface area contributed by atoms with Gasteiger partial charge in [-0.1, -0.05) is 52.7 Å². The highest BCUT2D eigenvalue weighted by Crippen LogP contribution is 2.38. The first-order valence-electron chi connectivity index (χ1n) is 14.5. The maximum atomic E-state index is 14.1. The van der Waals surface area contributed by atoms with E-state index in [9.17, 15) is 14.4 Å². The predicted molar refractivity (Wildman–Crippen MR) is 170 cm³/mol. The fourth-order valence-corrected chi connectivity index (χ4v) is 6.59. The minimum atomic E-state index is -0.791. The summed E-state index contributed by atoms with van der Waals surface area (Å²) in [6.45, 7) is 6.10. The zero-order valence-corrected chi connectivity index (χ0v) is 27.2. The minimum absolute atomic E-state index is 0.0557. The van der Waals surface area contributed by atoms with Crippen molar-refractivity contribution in [1.29, 1.82) is 0 Å². The van der Waals surface area contributed by atoms with Crippen LogP contribution in [0.4, 0.5) is 0 Å². The molecule has 0 aliphatic carbocycles. The van der Waals surface area contributed by atoms with Gasteiger partial charge in [-0.05, 0) is 55.3 Å². The Bertz CT molecular complexity index is 1740. The van der Waals surface area contributed by atoms with Gasteiger partial charge in [0.1, 0.15) is 17.5 Å². The monoisotopic (exact) mass is 683 g/mol. The predicted octanol–water partition coefficient (Wildman–Crippen LogP) is 3.59. The van der Waals surface area contributed by atoms with Crippen LogP contribution in [-0.2, 0) is 19.1 Å². The summed E-state index contributed by atoms with van der Waals surface area (Å²) in [5, 5.41) is 0. The molecule has 2 aliphatic heterocycles. The van der Waals surface area contributed by atoms with Gasteiger partial charge in [-0.3, -0.25) is 14.2 Å². The van der Waals surface area contributed by atoms with Crippen LogP contribution >= 0.6 is 27.3 Å². The van der Waals surface area contributed by atoms with E-state index in [2.05, 4.69) is 15.9 Å². The zero-order valence-electron chi connectivity index (χ0n) is 24.8. The number of morpholine rings is 1. The summed E-state index contributed by atoms with van der Waals surface area (Å²) < 4.78 is 25.0. The van der Waals surface area contributed by atoms with Crippen molar-refractivity contribution in [2.45, 2.75) is 32.7 Å². The summed E-state index contributed by atoms with van der Waals surface area (Å²) in [5.74, 6) is 0.494. The third-order valence-corrected chi connectivity index (χ3v) is 8.76. The van der Waals surface area contributed by atoms with Gasteiger partial charge < -0.3 is 23.8 Å². The zero-order chi connectivity index (χ0) is 31.2. The SMILES string of the molecule is CCCC1=C(C(=O)OCC)[C@H](c2cc(Br)ccc2OC)n2c(s/c(=C\c3ccc(OCC(=O)N4CCOCC4)cc3)c2=O)=N1. The summed E-state index contributed by atoms with van der Waals surface area (Å²) in [6, 6.07) is 11.9. The first-order chi connectivity index (χ1) is 21.3. The van der Waals surface area contributed by atoms with E-state index in [-0.39, 0.29) is 24.7 Å². The Kier molecular flexibility index (Phi) is 10.3. The Balaban J connectivity index is 1.52. The number of esters is 1. The van der Waals surface area contributed by atoms with Crippen molar-refractivity contribution in [3.05, 3.63) is 89.0 Å². The van der Waals surface area contributed by atoms with Crippen molar-refractivity contribution in [1.82, 2.24) is 9.47 Å². The molecule has 0 N–H and O–H groups in total. The quantitative estimate of drug-likeness (QED) is 0.301. The first kappa shape index (κ1) is 31.7. The van der Waals surface area contributed by atoms with Crippen molar-refractivity contribution in [3.63, 3.8) is 0 Å². The third-order valence-electron chi connectivity index (χ3n) is 7.28. The van der Waals surface area contributed by atoms with E-state index in [1.54, 1.807) is 47.8 Å². The van der Waals surface area contributed by atoms with Crippen molar-refractivity contribution >= 4 is 45.2 Å². The van der Waals surface area contributed by atoms with Crippen LogP contribution in [0.15, 0.2) is 68.0 Å². The molecule has 1 saturated heterocycles. The first-order valence-corrected chi connectivity index (χ1v) is 16.1. The molecule has 1 aromatic heterocycles. The Morgan fingerprint density at radius 2 is 1.89 bits per heavy atom. The van der Waals surface area contributed by atoms with Crippen LogP contribution in [0, 0.1) is 0 Å². The minimum Gasteiger partial charge on any atom is -0.496 e. The van der Waals surface area contributed by atoms with Crippen LogP contribution < -0.4 is 24.4 Å². The molecular formula is C32H34BrN3O7S. The second-order valence-corrected chi connectivity index (χ2v) is 12.1. The smallest absolute Gasteiger partial charge is 0.338 e. The van der Waals surface area contributed by atoms with Gasteiger partial charge in [0.25, 0.3) is 11.5 Å². The average molecular weight is 685 g/mol. The molecule has 12 heteroatoms. The van der Waals surface area contributed by atoms with Gasteiger partial charge in [-0.25, -0.2) is 9.79 Å². The number of ether oxygens (including phenoxy) is 4. The van der Waals surface area contributed by atoms with E-state index in [0.29, 0.717) is 70.4 Å². The number of nitrogens with zero attached hydrogens (tertiary/aromatic N) is 3. The molecule has 1 atom stereocenters. The van der Waals surface area contributed by atoms with Crippen molar-refractivity contribution in [2.75, 3.05) is 46.6 Å². The van der Waals surface area contributed by atoms with Gasteiger partial charge in [-0.2, -0.15) is 0 Å². The molecule has 0 spiro atoms. The van der Waals surface area contributed by atoms with Gasteiger partial charge in [-0.15, -0.1) is 0 Å². The van der Waals surface area contributed by atoms with Crippen LogP contribution in [0.25, 0.3) is 6.08 Å². The fourth-order valence-electron chi connectivity index (χ4n) is 5.19. The maximum absolute atomic E-state index is 14.1. The number of hydrogen-bond acceptors (Lipinski definition) is 9. The maximum Gasteiger partial charge on any atom is 0.338 e. The Labute approximate surface area is 267 Å². The highest BCUT2D eigenvalue weighted by Gasteiger charge is 2.36. The van der Waals surface area contributed by atoms with E-state index < -0.39 is 12.0 Å². The molecular weight excluding hydrogens is 650 g/mol. The largest absolute Gasteiger partial charge is 0.496 e. The molecule has 0 bridgehead atoms. The molecule has 0 saturated carbocycles. The number of halogens is 1. The number of allylic oxidation sites excluding steroid dienone is 1. The van der Waals surface area contributed by atoms with E-state index in [1.807, 2.05) is 31.2 Å². The Hall–Kier alpha value is -3.74. The highest BCUT2D eigenvalue weighted by atomic mass is 79.9. The second-order valence-electron chi connectivity index (χ2n) is 10.2. The lowest BCUT2D eigenvalue weighted by Gasteiger charge is -2.27. The summed E-state index contributed by atoms with van der Waals surface area (Å²) in [7, 11) is 1.56. The third kappa shape index (κ3) is 6.82. The second kappa shape index (κ2) is 14.4. The molecule has 2 aliphatic rings. The molecule has 232 valence electrons. The average Bonchev–Trinajstić information content (AvgIpc) is 3.34. The van der Waals surface area contributed by atoms with E-state index >= 15 is 0 Å². The Morgan fingerprint density at radius 3 is 2.57 bits per heavy atom. The van der Waals surface area contributed by atoms with Gasteiger partial charge in [0.05, 0.1) is 42.7 Å². The number of thiazole rings is 1. The standard InChI is InChI=1S/C32H34BrN3O7S/c1-4-6-24-28(31(39)42-5-2)29(23-18-21(33)9-12-25(23)40-3)36-30(38)26(44-32(36)34-24)17-20-7-10-22(11-8-20)43-19-27(37)35-13-15-41-16-14-35/h7-12,17-18,29H,4-6,13-16,19H2,1-3H3/b26-17-/t29-/m0/s1. The number of rotatable bonds is 10. The van der Waals surface area contributed by atoms with Crippen LogP contribution in [0.3, 0.4) is 0 Å². The topological polar surface area (TPSA) is 109 Å². The number of methoxy groups -OCH3 is 1. The molecule has 0 unspecified atom stereocenters. The summed E-state index contributed by atoms with van der Waals surface area (Å²) in [6.07, 6.45) is 3.09. The van der Waals surface area contributed by atoms with Gasteiger partial charge >= 0.3 is 5.97 Å². The molecule has 1 fully saturated rings. The lowest BCUT2D eigenvalue weighted by atomic mass is 9.93. The van der Waals surface area contributed by atoms with Crippen molar-refractivity contribution in [2.24, 2.45) is 4.99 Å². The number of hydrogen-bond donors (Lipinski definition) is 0. The van der Waals surface area contributed by atoms with Gasteiger partial charge in [0.15, 0.2) is 11.4 Å². The summed E-state index contributed by atoms with van der Waals surface area (Å²) in [4.78, 5) is 46.9. The van der Waals surface area contributed by atoms with Crippen LogP contribution in [0.5, 0.6) is 11.5 Å². The lowest BCUT2D eigenvalue weighted by molar-refractivity contribution is -0.139. The Morgan fingerprint density at radius 1 is 1.14 bits per heavy atom. The molecule has 3 heterocycles. The molecule has 1 amide bonds. The summed E-state index contributed by atoms with van der Waals surface area (Å²) >= 11 is 4.80. The molecule has 2 aromatic carbocycles. The normalized spacial score (nSPS) is 16.8. The van der Waals surface area contributed by atoms with Crippen LogP contribution in [0.1, 0.15) is 43.9 Å². The molecule has 44 heavy (non-hydrogen) atoms. The lowest BCUT2D eigenvalue weighted by Crippen LogP contribution is -2.42. The molecule has 10 nitrogen and oxygen atoms in total. The number of fused-ring (bicyclic) bond motifs is 1. The fraction of sp³-hybridized carbons (Fsp3) is 0.375. The van der Waals surface area contributed by atoms with Crippen molar-refractivity contribution in [3.8, 4) is 11.5 Å². The number of carbonyl (C=O) groups is 2. The summed E-state index contributed by atoms with van der Waals surface area (Å²) in [5.41, 5.74) is 2.07. The number of carbonyl (C=O) groups excluding carboxylic acids is 2. The van der Waals surface area contributed by atoms with Crippen LogP contribution in [-0.4, -0.2) is 68.0 Å².